The van der Waals surface area contributed by atoms with Crippen LogP contribution >= 0.6 is 0 Å². The van der Waals surface area contributed by atoms with Crippen LogP contribution in [-0.2, 0) is 4.79 Å². The largest absolute Gasteiger partial charge is 0.490 e. The molecule has 10 nitrogen and oxygen atoms in total. The molecule has 3 aromatic rings. The Labute approximate surface area is 165 Å². The van der Waals surface area contributed by atoms with Gasteiger partial charge in [0.15, 0.2) is 0 Å². The van der Waals surface area contributed by atoms with E-state index in [2.05, 4.69) is 26.0 Å². The van der Waals surface area contributed by atoms with Crippen molar-refractivity contribution in [3.05, 3.63) is 64.5 Å². The number of aromatic nitrogens is 3. The lowest BCUT2D eigenvalue weighted by atomic mass is 10.1. The first kappa shape index (κ1) is 22.1. The summed E-state index contributed by atoms with van der Waals surface area (Å²) in [5.74, 6) is -3.08. The molecule has 3 rings (SSSR count). The molecule has 0 aliphatic heterocycles. The second-order valence-electron chi connectivity index (χ2n) is 5.56. The van der Waals surface area contributed by atoms with E-state index in [1.54, 1.807) is 30.7 Å². The second kappa shape index (κ2) is 9.36. The lowest BCUT2D eigenvalue weighted by molar-refractivity contribution is -0.192. The van der Waals surface area contributed by atoms with Crippen LogP contribution in [0.15, 0.2) is 52.1 Å². The molecule has 158 valence electrons. The molecular formula is C17H14F3N5O5. The fraction of sp³-hybridized carbons (Fsp3) is 0.118. The summed E-state index contributed by atoms with van der Waals surface area (Å²) in [6.07, 6.45) is -1.92. The molecule has 0 fully saturated rings. The number of nitrogens with one attached hydrogen (secondary N) is 3. The predicted octanol–water partition coefficient (Wildman–Crippen LogP) is 2.12. The number of hydrogen-bond donors (Lipinski definition) is 4. The van der Waals surface area contributed by atoms with Gasteiger partial charge in [0.1, 0.15) is 5.69 Å². The highest BCUT2D eigenvalue weighted by atomic mass is 19.4. The van der Waals surface area contributed by atoms with E-state index in [-0.39, 0.29) is 23.1 Å². The summed E-state index contributed by atoms with van der Waals surface area (Å²) >= 11 is 0. The highest BCUT2D eigenvalue weighted by Crippen LogP contribution is 2.20. The van der Waals surface area contributed by atoms with E-state index in [9.17, 15) is 22.8 Å². The molecule has 0 aliphatic carbocycles. The molecule has 0 saturated heterocycles. The van der Waals surface area contributed by atoms with E-state index in [0.717, 1.165) is 11.1 Å². The van der Waals surface area contributed by atoms with Gasteiger partial charge in [0.2, 0.25) is 5.95 Å². The van der Waals surface area contributed by atoms with Crippen LogP contribution in [0, 0.1) is 6.92 Å². The van der Waals surface area contributed by atoms with Crippen LogP contribution in [0.4, 0.5) is 19.1 Å². The number of rotatable bonds is 4. The zero-order chi connectivity index (χ0) is 22.3. The SMILES string of the molecule is Cc1nnc(NNC(=O)c2cccc(-c3ccoc3)c2)[nH]c1=O.O=C(O)C(F)(F)F. The Morgan fingerprint density at radius 2 is 1.87 bits per heavy atom. The van der Waals surface area contributed by atoms with Crippen LogP contribution in [0.2, 0.25) is 0 Å². The molecule has 13 heteroatoms. The number of carbonyl (C=O) groups is 2. The smallest absolute Gasteiger partial charge is 0.475 e. The number of hydrogen-bond acceptors (Lipinski definition) is 7. The fourth-order valence-corrected chi connectivity index (χ4v) is 1.91. The zero-order valence-corrected chi connectivity index (χ0v) is 15.1. The maximum absolute atomic E-state index is 12.2. The molecule has 1 amide bonds. The van der Waals surface area contributed by atoms with E-state index in [1.807, 2.05) is 12.1 Å². The number of aliphatic carboxylic acids is 1. The van der Waals surface area contributed by atoms with Gasteiger partial charge < -0.3 is 9.52 Å². The number of anilines is 1. The van der Waals surface area contributed by atoms with Crippen LogP contribution in [-0.4, -0.2) is 38.3 Å². The van der Waals surface area contributed by atoms with E-state index >= 15 is 0 Å². The monoisotopic (exact) mass is 425 g/mol. The highest BCUT2D eigenvalue weighted by molar-refractivity contribution is 5.95. The predicted molar refractivity (Wildman–Crippen MR) is 96.3 cm³/mol. The third kappa shape index (κ3) is 6.19. The molecule has 2 heterocycles. The molecule has 0 bridgehead atoms. The van der Waals surface area contributed by atoms with Crippen molar-refractivity contribution in [2.24, 2.45) is 0 Å². The lowest BCUT2D eigenvalue weighted by Gasteiger charge is -2.07. The van der Waals surface area contributed by atoms with Crippen molar-refractivity contribution in [3.63, 3.8) is 0 Å². The number of carboxylic acids is 1. The van der Waals surface area contributed by atoms with E-state index in [0.29, 0.717) is 5.56 Å². The number of benzene rings is 1. The van der Waals surface area contributed by atoms with Crippen molar-refractivity contribution >= 4 is 17.8 Å². The first-order valence-electron chi connectivity index (χ1n) is 8.00. The second-order valence-corrected chi connectivity index (χ2v) is 5.56. The van der Waals surface area contributed by atoms with E-state index in [4.69, 9.17) is 14.3 Å². The van der Waals surface area contributed by atoms with Crippen molar-refractivity contribution in [3.8, 4) is 11.1 Å². The van der Waals surface area contributed by atoms with Gasteiger partial charge in [-0.15, -0.1) is 10.2 Å². The molecule has 0 spiro atoms. The number of H-pyrrole nitrogens is 1. The quantitative estimate of drug-likeness (QED) is 0.464. The summed E-state index contributed by atoms with van der Waals surface area (Å²) in [5.41, 5.74) is 7.01. The van der Waals surface area contributed by atoms with E-state index in [1.165, 1.54) is 6.92 Å². The van der Waals surface area contributed by atoms with Gasteiger partial charge in [-0.1, -0.05) is 12.1 Å². The summed E-state index contributed by atoms with van der Waals surface area (Å²) in [6.45, 7) is 1.54. The van der Waals surface area contributed by atoms with Crippen molar-refractivity contribution in [2.45, 2.75) is 13.1 Å². The number of furan rings is 1. The number of amides is 1. The minimum Gasteiger partial charge on any atom is -0.475 e. The van der Waals surface area contributed by atoms with Gasteiger partial charge in [-0.3, -0.25) is 25.4 Å². The van der Waals surface area contributed by atoms with E-state index < -0.39 is 12.1 Å². The number of aromatic amines is 1. The average Bonchev–Trinajstić information content (AvgIpc) is 3.23. The number of carbonyl (C=O) groups excluding carboxylic acids is 1. The molecule has 1 aromatic carbocycles. The normalized spacial score (nSPS) is 10.5. The van der Waals surface area contributed by atoms with Gasteiger partial charge in [0, 0.05) is 11.1 Å². The first-order valence-corrected chi connectivity index (χ1v) is 8.00. The maximum Gasteiger partial charge on any atom is 0.490 e. The third-order valence-corrected chi connectivity index (χ3v) is 3.38. The lowest BCUT2D eigenvalue weighted by Crippen LogP contribution is -2.31. The number of halogens is 3. The fourth-order valence-electron chi connectivity index (χ4n) is 1.91. The topological polar surface area (TPSA) is 150 Å². The number of aryl methyl sites for hydroxylation is 1. The Bertz CT molecular complexity index is 1080. The van der Waals surface area contributed by atoms with Crippen LogP contribution in [0.3, 0.4) is 0 Å². The van der Waals surface area contributed by atoms with Crippen LogP contribution in [0.5, 0.6) is 0 Å². The minimum atomic E-state index is -5.08. The van der Waals surface area contributed by atoms with Gasteiger partial charge in [-0.25, -0.2) is 4.79 Å². The summed E-state index contributed by atoms with van der Waals surface area (Å²) in [4.78, 5) is 34.9. The Hall–Kier alpha value is -4.16. The standard InChI is InChI=1S/C15H13N5O3.C2HF3O2/c1-9-13(21)16-15(19-17-9)20-18-14(22)11-4-2-3-10(7-11)12-5-6-23-8-12;3-2(4,5)1(6)7/h2-8H,1H3,(H,18,22)(H2,16,19,20,21);(H,6,7). The Morgan fingerprint density at radius 3 is 2.43 bits per heavy atom. The number of alkyl halides is 3. The summed E-state index contributed by atoms with van der Waals surface area (Å²) in [5, 5.41) is 14.5. The molecule has 2 aromatic heterocycles. The summed E-state index contributed by atoms with van der Waals surface area (Å²) < 4.78 is 36.8. The molecule has 0 unspecified atom stereocenters. The Kier molecular flexibility index (Phi) is 6.90. The molecule has 4 N–H and O–H groups in total. The van der Waals surface area contributed by atoms with Gasteiger partial charge in [-0.05, 0) is 30.7 Å². The van der Waals surface area contributed by atoms with Crippen LogP contribution < -0.4 is 16.4 Å². The van der Waals surface area contributed by atoms with Crippen molar-refractivity contribution < 1.29 is 32.3 Å². The van der Waals surface area contributed by atoms with Crippen molar-refractivity contribution in [1.82, 2.24) is 20.6 Å². The van der Waals surface area contributed by atoms with Gasteiger partial charge in [0.25, 0.3) is 11.5 Å². The minimum absolute atomic E-state index is 0.0555. The zero-order valence-electron chi connectivity index (χ0n) is 15.1. The number of hydrazine groups is 1. The Morgan fingerprint density at radius 1 is 1.17 bits per heavy atom. The summed E-state index contributed by atoms with van der Waals surface area (Å²) in [6, 6.07) is 8.85. The molecule has 0 saturated carbocycles. The van der Waals surface area contributed by atoms with Gasteiger partial charge in [0.05, 0.1) is 12.5 Å². The van der Waals surface area contributed by atoms with Crippen molar-refractivity contribution in [1.29, 1.82) is 0 Å². The summed E-state index contributed by atoms with van der Waals surface area (Å²) in [7, 11) is 0. The maximum atomic E-state index is 12.2. The molecule has 0 aliphatic rings. The number of carboxylic acid groups (broad SMARTS) is 1. The molecule has 30 heavy (non-hydrogen) atoms. The number of nitrogens with zero attached hydrogens (tertiary/aromatic N) is 2. The molecular weight excluding hydrogens is 411 g/mol. The molecule has 0 radical (unpaired) electrons. The van der Waals surface area contributed by atoms with Crippen LogP contribution in [0.1, 0.15) is 16.1 Å². The highest BCUT2D eigenvalue weighted by Gasteiger charge is 2.38. The Balaban J connectivity index is 0.000000396. The van der Waals surface area contributed by atoms with Gasteiger partial charge in [-0.2, -0.15) is 13.2 Å². The first-order chi connectivity index (χ1) is 14.1. The van der Waals surface area contributed by atoms with Crippen LogP contribution in [0.25, 0.3) is 11.1 Å². The van der Waals surface area contributed by atoms with Crippen molar-refractivity contribution in [2.75, 3.05) is 5.43 Å². The average molecular weight is 425 g/mol. The van der Waals surface area contributed by atoms with Gasteiger partial charge >= 0.3 is 12.1 Å². The molecule has 0 atom stereocenters. The third-order valence-electron chi connectivity index (χ3n) is 3.38.